The highest BCUT2D eigenvalue weighted by atomic mass is 16.5. The number of rotatable bonds is 3. The van der Waals surface area contributed by atoms with Gasteiger partial charge in [0.25, 0.3) is 0 Å². The van der Waals surface area contributed by atoms with Crippen molar-refractivity contribution in [3.63, 3.8) is 0 Å². The molecule has 0 heterocycles. The number of anilines is 1. The van der Waals surface area contributed by atoms with Crippen LogP contribution in [0.3, 0.4) is 0 Å². The molecule has 0 spiro atoms. The van der Waals surface area contributed by atoms with Crippen molar-refractivity contribution in [3.8, 4) is 0 Å². The minimum absolute atomic E-state index is 0.0520. The molecule has 0 fully saturated rings. The fourth-order valence-electron chi connectivity index (χ4n) is 1.17. The van der Waals surface area contributed by atoms with Gasteiger partial charge in [-0.3, -0.25) is 5.41 Å². The summed E-state index contributed by atoms with van der Waals surface area (Å²) in [7, 11) is 1.68. The Labute approximate surface area is 94.3 Å². The molecule has 0 amide bonds. The van der Waals surface area contributed by atoms with Crippen molar-refractivity contribution in [1.82, 2.24) is 0 Å². The lowest BCUT2D eigenvalue weighted by molar-refractivity contribution is 0.0526. The van der Waals surface area contributed by atoms with Gasteiger partial charge in [-0.2, -0.15) is 0 Å². The first kappa shape index (κ1) is 12.0. The SMILES string of the molecule is CCOC(=O)c1ccc(N(C)C(=N)N)cc1. The molecule has 5 heteroatoms. The molecule has 0 unspecified atom stereocenters. The number of hydrogen-bond donors (Lipinski definition) is 2. The van der Waals surface area contributed by atoms with Crippen LogP contribution < -0.4 is 10.6 Å². The predicted octanol–water partition coefficient (Wildman–Crippen LogP) is 1.19. The fraction of sp³-hybridized carbons (Fsp3) is 0.273. The van der Waals surface area contributed by atoms with Gasteiger partial charge in [-0.1, -0.05) is 0 Å². The second-order valence-electron chi connectivity index (χ2n) is 3.21. The van der Waals surface area contributed by atoms with Crippen molar-refractivity contribution < 1.29 is 9.53 Å². The summed E-state index contributed by atoms with van der Waals surface area (Å²) >= 11 is 0. The molecule has 86 valence electrons. The van der Waals surface area contributed by atoms with Crippen LogP contribution in [-0.4, -0.2) is 25.6 Å². The van der Waals surface area contributed by atoms with E-state index in [0.717, 1.165) is 5.69 Å². The van der Waals surface area contributed by atoms with Crippen LogP contribution in [0.15, 0.2) is 24.3 Å². The lowest BCUT2D eigenvalue weighted by Gasteiger charge is -2.16. The van der Waals surface area contributed by atoms with Gasteiger partial charge < -0.3 is 15.4 Å². The highest BCUT2D eigenvalue weighted by Crippen LogP contribution is 2.13. The summed E-state index contributed by atoms with van der Waals surface area (Å²) in [6.45, 7) is 2.11. The summed E-state index contributed by atoms with van der Waals surface area (Å²) in [6.07, 6.45) is 0. The minimum atomic E-state index is -0.348. The zero-order valence-corrected chi connectivity index (χ0v) is 9.36. The van der Waals surface area contributed by atoms with Crippen LogP contribution in [0.1, 0.15) is 17.3 Å². The van der Waals surface area contributed by atoms with Gasteiger partial charge in [-0.15, -0.1) is 0 Å². The molecule has 1 aromatic rings. The number of nitrogens with one attached hydrogen (secondary N) is 1. The molecule has 1 aromatic carbocycles. The summed E-state index contributed by atoms with van der Waals surface area (Å²) in [5.74, 6) is -0.400. The molecule has 0 saturated carbocycles. The smallest absolute Gasteiger partial charge is 0.338 e. The Bertz CT molecular complexity index is 387. The third-order valence-corrected chi connectivity index (χ3v) is 2.13. The van der Waals surface area contributed by atoms with Crippen molar-refractivity contribution in [2.75, 3.05) is 18.6 Å². The minimum Gasteiger partial charge on any atom is -0.462 e. The standard InChI is InChI=1S/C11H15N3O2/c1-3-16-10(15)8-4-6-9(7-5-8)14(2)11(12)13/h4-7H,3H2,1-2H3,(H3,12,13). The molecule has 16 heavy (non-hydrogen) atoms. The van der Waals surface area contributed by atoms with Gasteiger partial charge in [-0.25, -0.2) is 4.79 Å². The fourth-order valence-corrected chi connectivity index (χ4v) is 1.17. The summed E-state index contributed by atoms with van der Waals surface area (Å²) < 4.78 is 4.86. The van der Waals surface area contributed by atoms with E-state index in [1.165, 1.54) is 4.90 Å². The van der Waals surface area contributed by atoms with Crippen LogP contribution in [0.25, 0.3) is 0 Å². The Kier molecular flexibility index (Phi) is 3.88. The van der Waals surface area contributed by atoms with Crippen LogP contribution in [0.4, 0.5) is 5.69 Å². The molecule has 0 aliphatic carbocycles. The van der Waals surface area contributed by atoms with E-state index < -0.39 is 0 Å². The molecule has 0 atom stereocenters. The molecule has 0 bridgehead atoms. The van der Waals surface area contributed by atoms with E-state index in [0.29, 0.717) is 12.2 Å². The Morgan fingerprint density at radius 1 is 1.44 bits per heavy atom. The normalized spacial score (nSPS) is 9.62. The maximum absolute atomic E-state index is 11.4. The van der Waals surface area contributed by atoms with E-state index in [2.05, 4.69) is 0 Å². The Morgan fingerprint density at radius 3 is 2.44 bits per heavy atom. The van der Waals surface area contributed by atoms with Crippen molar-refractivity contribution in [3.05, 3.63) is 29.8 Å². The Morgan fingerprint density at radius 2 is 2.00 bits per heavy atom. The summed E-state index contributed by atoms with van der Waals surface area (Å²) in [6, 6.07) is 6.72. The monoisotopic (exact) mass is 221 g/mol. The van der Waals surface area contributed by atoms with Crippen LogP contribution in [-0.2, 0) is 4.74 Å². The molecule has 3 N–H and O–H groups in total. The first-order chi connectivity index (χ1) is 7.56. The zero-order valence-electron chi connectivity index (χ0n) is 9.36. The number of carbonyl (C=O) groups is 1. The topological polar surface area (TPSA) is 79.4 Å². The average molecular weight is 221 g/mol. The lowest BCUT2D eigenvalue weighted by atomic mass is 10.2. The Balaban J connectivity index is 2.83. The van der Waals surface area contributed by atoms with Crippen LogP contribution in [0, 0.1) is 5.41 Å². The van der Waals surface area contributed by atoms with Gasteiger partial charge >= 0.3 is 5.97 Å². The average Bonchev–Trinajstić information content (AvgIpc) is 2.28. The highest BCUT2D eigenvalue weighted by molar-refractivity contribution is 5.93. The van der Waals surface area contributed by atoms with E-state index in [-0.39, 0.29) is 11.9 Å². The van der Waals surface area contributed by atoms with E-state index in [4.69, 9.17) is 15.9 Å². The first-order valence-electron chi connectivity index (χ1n) is 4.91. The molecule has 5 nitrogen and oxygen atoms in total. The second kappa shape index (κ2) is 5.16. The molecular formula is C11H15N3O2. The highest BCUT2D eigenvalue weighted by Gasteiger charge is 2.07. The molecule has 0 radical (unpaired) electrons. The quantitative estimate of drug-likeness (QED) is 0.456. The Hall–Kier alpha value is -2.04. The van der Waals surface area contributed by atoms with Crippen molar-refractivity contribution in [2.24, 2.45) is 5.73 Å². The maximum Gasteiger partial charge on any atom is 0.338 e. The molecule has 0 aliphatic heterocycles. The van der Waals surface area contributed by atoms with Gasteiger partial charge in [0.1, 0.15) is 0 Å². The van der Waals surface area contributed by atoms with Gasteiger partial charge in [0.05, 0.1) is 12.2 Å². The summed E-state index contributed by atoms with van der Waals surface area (Å²) in [5, 5.41) is 7.25. The van der Waals surface area contributed by atoms with E-state index >= 15 is 0 Å². The molecule has 1 rings (SSSR count). The number of ether oxygens (including phenoxy) is 1. The molecule has 0 aromatic heterocycles. The number of carbonyl (C=O) groups excluding carboxylic acids is 1. The summed E-state index contributed by atoms with van der Waals surface area (Å²) in [4.78, 5) is 12.9. The summed E-state index contributed by atoms with van der Waals surface area (Å²) in [5.41, 5.74) is 6.57. The number of nitrogens with two attached hydrogens (primary N) is 1. The predicted molar refractivity (Wildman–Crippen MR) is 62.7 cm³/mol. The van der Waals surface area contributed by atoms with Gasteiger partial charge in [-0.05, 0) is 31.2 Å². The van der Waals surface area contributed by atoms with Gasteiger partial charge in [0, 0.05) is 12.7 Å². The number of nitrogens with zero attached hydrogens (tertiary/aromatic N) is 1. The van der Waals surface area contributed by atoms with E-state index in [9.17, 15) is 4.79 Å². The zero-order chi connectivity index (χ0) is 12.1. The van der Waals surface area contributed by atoms with Gasteiger partial charge in [0.2, 0.25) is 0 Å². The third-order valence-electron chi connectivity index (χ3n) is 2.13. The number of benzene rings is 1. The van der Waals surface area contributed by atoms with Crippen LogP contribution >= 0.6 is 0 Å². The number of hydrogen-bond acceptors (Lipinski definition) is 3. The second-order valence-corrected chi connectivity index (χ2v) is 3.21. The molecule has 0 saturated heterocycles. The van der Waals surface area contributed by atoms with E-state index in [1.54, 1.807) is 38.2 Å². The van der Waals surface area contributed by atoms with E-state index in [1.807, 2.05) is 0 Å². The van der Waals surface area contributed by atoms with Crippen molar-refractivity contribution in [2.45, 2.75) is 6.92 Å². The molecular weight excluding hydrogens is 206 g/mol. The first-order valence-corrected chi connectivity index (χ1v) is 4.91. The molecule has 0 aliphatic rings. The number of guanidine groups is 1. The largest absolute Gasteiger partial charge is 0.462 e. The maximum atomic E-state index is 11.4. The van der Waals surface area contributed by atoms with Crippen molar-refractivity contribution >= 4 is 17.6 Å². The third kappa shape index (κ3) is 2.73. The van der Waals surface area contributed by atoms with Crippen LogP contribution in [0.5, 0.6) is 0 Å². The van der Waals surface area contributed by atoms with Crippen LogP contribution in [0.2, 0.25) is 0 Å². The van der Waals surface area contributed by atoms with Gasteiger partial charge in [0.15, 0.2) is 5.96 Å². The van der Waals surface area contributed by atoms with Crippen molar-refractivity contribution in [1.29, 1.82) is 5.41 Å². The lowest BCUT2D eigenvalue weighted by Crippen LogP contribution is -2.32. The number of esters is 1.